The van der Waals surface area contributed by atoms with Crippen LogP contribution in [0.25, 0.3) is 6.08 Å². The summed E-state index contributed by atoms with van der Waals surface area (Å²) in [5.41, 5.74) is 0.295. The number of allylic oxidation sites excluding steroid dienone is 1. The Morgan fingerprint density at radius 3 is 2.64 bits per heavy atom. The van der Waals surface area contributed by atoms with Crippen LogP contribution in [0, 0.1) is 10.1 Å². The highest BCUT2D eigenvalue weighted by atomic mass is 32.2. The van der Waals surface area contributed by atoms with Crippen LogP contribution in [0.4, 0.5) is 5.69 Å². The second-order valence-corrected chi connectivity index (χ2v) is 5.22. The van der Waals surface area contributed by atoms with Crippen molar-refractivity contribution in [1.29, 1.82) is 0 Å². The molecule has 2 aromatic rings. The Labute approximate surface area is 131 Å². The molecule has 5 nitrogen and oxygen atoms in total. The Morgan fingerprint density at radius 1 is 1.23 bits per heavy atom. The molecule has 0 fully saturated rings. The van der Waals surface area contributed by atoms with Gasteiger partial charge in [-0.3, -0.25) is 14.9 Å². The summed E-state index contributed by atoms with van der Waals surface area (Å²) in [5, 5.41) is 20.6. The van der Waals surface area contributed by atoms with Gasteiger partial charge in [-0.05, 0) is 36.1 Å². The zero-order valence-electron chi connectivity index (χ0n) is 11.7. The molecule has 2 rings (SSSR count). The van der Waals surface area contributed by atoms with Gasteiger partial charge in [-0.25, -0.2) is 0 Å². The number of carbonyl (C=O) groups is 1. The molecule has 112 valence electrons. The lowest BCUT2D eigenvalue weighted by molar-refractivity contribution is -0.385. The van der Waals surface area contributed by atoms with Gasteiger partial charge in [-0.1, -0.05) is 24.3 Å². The van der Waals surface area contributed by atoms with Gasteiger partial charge in [-0.2, -0.15) is 0 Å². The summed E-state index contributed by atoms with van der Waals surface area (Å²) < 4.78 is 0. The maximum atomic E-state index is 12.1. The molecule has 0 unspecified atom stereocenters. The van der Waals surface area contributed by atoms with Crippen molar-refractivity contribution >= 4 is 29.3 Å². The number of hydrogen-bond donors (Lipinski definition) is 1. The molecule has 22 heavy (non-hydrogen) atoms. The molecule has 0 spiro atoms. The number of hydrogen-bond acceptors (Lipinski definition) is 5. The van der Waals surface area contributed by atoms with Crippen LogP contribution >= 0.6 is 11.8 Å². The molecule has 0 bridgehead atoms. The third kappa shape index (κ3) is 3.35. The number of thioether (sulfide) groups is 1. The van der Waals surface area contributed by atoms with Gasteiger partial charge in [0.15, 0.2) is 5.78 Å². The third-order valence-electron chi connectivity index (χ3n) is 3.03. The minimum Gasteiger partial charge on any atom is -0.502 e. The number of nitro benzene ring substituents is 1. The number of nitro groups is 1. The van der Waals surface area contributed by atoms with Crippen molar-refractivity contribution in [1.82, 2.24) is 0 Å². The first kappa shape index (κ1) is 15.8. The summed E-state index contributed by atoms with van der Waals surface area (Å²) in [7, 11) is 0. The van der Waals surface area contributed by atoms with E-state index in [1.807, 2.05) is 30.5 Å². The molecule has 0 aromatic heterocycles. The van der Waals surface area contributed by atoms with E-state index >= 15 is 0 Å². The van der Waals surface area contributed by atoms with Crippen molar-refractivity contribution in [3.8, 4) is 5.75 Å². The standard InChI is InChI=1S/C16H13NO4S/c1-22-15-8-3-2-5-11(15)9-10-14(18)12-6-4-7-13(16(12)19)17(20)21/h2-10,19H,1H3/b10-9+. The van der Waals surface area contributed by atoms with Crippen LogP contribution in [0.1, 0.15) is 15.9 Å². The van der Waals surface area contributed by atoms with E-state index in [1.54, 1.807) is 17.8 Å². The summed E-state index contributed by atoms with van der Waals surface area (Å²) >= 11 is 1.55. The van der Waals surface area contributed by atoms with Crippen molar-refractivity contribution in [2.45, 2.75) is 4.90 Å². The zero-order valence-corrected chi connectivity index (χ0v) is 12.5. The second-order valence-electron chi connectivity index (χ2n) is 4.37. The quantitative estimate of drug-likeness (QED) is 0.297. The Balaban J connectivity index is 2.32. The van der Waals surface area contributed by atoms with E-state index in [2.05, 4.69) is 0 Å². The maximum absolute atomic E-state index is 12.1. The van der Waals surface area contributed by atoms with E-state index in [0.29, 0.717) is 0 Å². The first-order valence-electron chi connectivity index (χ1n) is 6.36. The monoisotopic (exact) mass is 315 g/mol. The van der Waals surface area contributed by atoms with Crippen LogP contribution in [0.5, 0.6) is 5.75 Å². The van der Waals surface area contributed by atoms with Crippen molar-refractivity contribution in [2.75, 3.05) is 6.26 Å². The van der Waals surface area contributed by atoms with E-state index in [9.17, 15) is 20.0 Å². The van der Waals surface area contributed by atoms with E-state index in [0.717, 1.165) is 16.5 Å². The number of carbonyl (C=O) groups excluding carboxylic acids is 1. The summed E-state index contributed by atoms with van der Waals surface area (Å²) in [6.45, 7) is 0. The molecule has 2 aromatic carbocycles. The molecule has 0 aliphatic carbocycles. The number of ketones is 1. The summed E-state index contributed by atoms with van der Waals surface area (Å²) in [6, 6.07) is 11.4. The fourth-order valence-electron chi connectivity index (χ4n) is 1.94. The van der Waals surface area contributed by atoms with Gasteiger partial charge in [-0.15, -0.1) is 11.8 Å². The highest BCUT2D eigenvalue weighted by Crippen LogP contribution is 2.30. The number of benzene rings is 2. The van der Waals surface area contributed by atoms with Gasteiger partial charge in [0.2, 0.25) is 5.75 Å². The highest BCUT2D eigenvalue weighted by Gasteiger charge is 2.19. The molecule has 0 radical (unpaired) electrons. The number of phenols is 1. The third-order valence-corrected chi connectivity index (χ3v) is 3.84. The fraction of sp³-hybridized carbons (Fsp3) is 0.0625. The molecular formula is C16H13NO4S. The molecule has 1 N–H and O–H groups in total. The molecule has 0 aliphatic heterocycles. The van der Waals surface area contributed by atoms with Crippen LogP contribution in [0.3, 0.4) is 0 Å². The van der Waals surface area contributed by atoms with E-state index in [-0.39, 0.29) is 5.56 Å². The predicted molar refractivity (Wildman–Crippen MR) is 86.3 cm³/mol. The average Bonchev–Trinajstić information content (AvgIpc) is 2.52. The van der Waals surface area contributed by atoms with Gasteiger partial charge >= 0.3 is 5.69 Å². The van der Waals surface area contributed by atoms with Gasteiger partial charge in [0, 0.05) is 11.0 Å². The van der Waals surface area contributed by atoms with Crippen molar-refractivity contribution in [3.05, 3.63) is 69.8 Å². The van der Waals surface area contributed by atoms with E-state index in [1.165, 1.54) is 18.2 Å². The lowest BCUT2D eigenvalue weighted by atomic mass is 10.1. The molecular weight excluding hydrogens is 302 g/mol. The molecule has 0 saturated carbocycles. The number of nitrogens with zero attached hydrogens (tertiary/aromatic N) is 1. The number of rotatable bonds is 5. The molecule has 0 aliphatic rings. The first-order valence-corrected chi connectivity index (χ1v) is 7.59. The minimum absolute atomic E-state index is 0.0907. The largest absolute Gasteiger partial charge is 0.502 e. The van der Waals surface area contributed by atoms with E-state index in [4.69, 9.17) is 0 Å². The Kier molecular flexibility index (Phi) is 4.95. The van der Waals surface area contributed by atoms with Gasteiger partial charge in [0.1, 0.15) is 0 Å². The molecule has 0 atom stereocenters. The normalized spacial score (nSPS) is 10.8. The van der Waals surface area contributed by atoms with Gasteiger partial charge in [0.05, 0.1) is 10.5 Å². The number of phenolic OH excluding ortho intramolecular Hbond substituents is 1. The molecule has 0 saturated heterocycles. The summed E-state index contributed by atoms with van der Waals surface area (Å²) in [5.74, 6) is -1.10. The first-order chi connectivity index (χ1) is 10.5. The van der Waals surface area contributed by atoms with Crippen LogP contribution in [0.2, 0.25) is 0 Å². The Morgan fingerprint density at radius 2 is 1.95 bits per heavy atom. The SMILES string of the molecule is CSc1ccccc1/C=C/C(=O)c1cccc([N+](=O)[O-])c1O. The smallest absolute Gasteiger partial charge is 0.311 e. The lowest BCUT2D eigenvalue weighted by Gasteiger charge is -2.03. The second kappa shape index (κ2) is 6.91. The lowest BCUT2D eigenvalue weighted by Crippen LogP contribution is -1.98. The van der Waals surface area contributed by atoms with Gasteiger partial charge < -0.3 is 5.11 Å². The highest BCUT2D eigenvalue weighted by molar-refractivity contribution is 7.98. The van der Waals surface area contributed by atoms with Crippen LogP contribution in [0.15, 0.2) is 53.4 Å². The fourth-order valence-corrected chi connectivity index (χ4v) is 2.52. The zero-order chi connectivity index (χ0) is 16.1. The van der Waals surface area contributed by atoms with Crippen LogP contribution < -0.4 is 0 Å². The van der Waals surface area contributed by atoms with Crippen LogP contribution in [-0.4, -0.2) is 22.1 Å². The Bertz CT molecular complexity index is 756. The average molecular weight is 315 g/mol. The van der Waals surface area contributed by atoms with Crippen molar-refractivity contribution in [2.24, 2.45) is 0 Å². The Hall–Kier alpha value is -2.60. The maximum Gasteiger partial charge on any atom is 0.311 e. The van der Waals surface area contributed by atoms with Gasteiger partial charge in [0.25, 0.3) is 0 Å². The number of para-hydroxylation sites is 1. The predicted octanol–water partition coefficient (Wildman–Crippen LogP) is 3.92. The van der Waals surface area contributed by atoms with E-state index < -0.39 is 22.1 Å². The molecule has 6 heteroatoms. The number of aromatic hydroxyl groups is 1. The minimum atomic E-state index is -0.723. The molecule has 0 heterocycles. The van der Waals surface area contributed by atoms with Crippen molar-refractivity contribution in [3.63, 3.8) is 0 Å². The topological polar surface area (TPSA) is 80.4 Å². The molecule has 0 amide bonds. The van der Waals surface area contributed by atoms with Crippen LogP contribution in [-0.2, 0) is 0 Å². The summed E-state index contributed by atoms with van der Waals surface area (Å²) in [4.78, 5) is 23.2. The van der Waals surface area contributed by atoms with Crippen molar-refractivity contribution < 1.29 is 14.8 Å². The summed E-state index contributed by atoms with van der Waals surface area (Å²) in [6.07, 6.45) is 4.86.